The van der Waals surface area contributed by atoms with Crippen LogP contribution in [0.1, 0.15) is 16.3 Å². The van der Waals surface area contributed by atoms with Crippen LogP contribution in [0.4, 0.5) is 0 Å². The van der Waals surface area contributed by atoms with E-state index in [0.717, 1.165) is 47.9 Å². The number of nitrogens with zero attached hydrogens (tertiary/aromatic N) is 4. The van der Waals surface area contributed by atoms with E-state index in [-0.39, 0.29) is 0 Å². The van der Waals surface area contributed by atoms with Gasteiger partial charge in [-0.2, -0.15) is 4.98 Å². The first-order valence-corrected chi connectivity index (χ1v) is 9.66. The lowest BCUT2D eigenvalue weighted by molar-refractivity contribution is 0.0330. The SMILES string of the molecule is Cc1sc2nc(CN3CCOCC3)nc(Oc3ccc(Cl)nc3)c2c1C. The molecular weight excluding hydrogens is 372 g/mol. The number of morpholine rings is 1. The molecule has 0 unspecified atom stereocenters. The van der Waals surface area contributed by atoms with E-state index in [0.29, 0.717) is 23.3 Å². The normalized spacial score (nSPS) is 15.5. The Morgan fingerprint density at radius 2 is 2.04 bits per heavy atom. The average molecular weight is 391 g/mol. The van der Waals surface area contributed by atoms with E-state index in [9.17, 15) is 0 Å². The highest BCUT2D eigenvalue weighted by atomic mass is 35.5. The second kappa shape index (κ2) is 7.44. The van der Waals surface area contributed by atoms with Crippen molar-refractivity contribution < 1.29 is 9.47 Å². The van der Waals surface area contributed by atoms with Crippen molar-refractivity contribution in [3.05, 3.63) is 39.7 Å². The zero-order valence-corrected chi connectivity index (χ0v) is 16.2. The molecule has 0 amide bonds. The number of pyridine rings is 1. The number of hydrogen-bond donors (Lipinski definition) is 0. The van der Waals surface area contributed by atoms with E-state index < -0.39 is 0 Å². The van der Waals surface area contributed by atoms with E-state index in [1.807, 2.05) is 0 Å². The quantitative estimate of drug-likeness (QED) is 0.628. The molecule has 0 atom stereocenters. The summed E-state index contributed by atoms with van der Waals surface area (Å²) in [5, 5.41) is 1.40. The van der Waals surface area contributed by atoms with Gasteiger partial charge in [-0.1, -0.05) is 11.6 Å². The van der Waals surface area contributed by atoms with Crippen LogP contribution in [-0.2, 0) is 11.3 Å². The van der Waals surface area contributed by atoms with Crippen LogP contribution >= 0.6 is 22.9 Å². The lowest BCUT2D eigenvalue weighted by atomic mass is 10.2. The topological polar surface area (TPSA) is 60.4 Å². The lowest BCUT2D eigenvalue weighted by Gasteiger charge is -2.25. The molecule has 1 aliphatic rings. The third kappa shape index (κ3) is 3.66. The van der Waals surface area contributed by atoms with Gasteiger partial charge in [-0.05, 0) is 31.5 Å². The zero-order chi connectivity index (χ0) is 18.1. The maximum Gasteiger partial charge on any atom is 0.231 e. The molecule has 1 fully saturated rings. The van der Waals surface area contributed by atoms with Crippen molar-refractivity contribution >= 4 is 33.2 Å². The summed E-state index contributed by atoms with van der Waals surface area (Å²) in [6.07, 6.45) is 1.60. The van der Waals surface area contributed by atoms with E-state index >= 15 is 0 Å². The van der Waals surface area contributed by atoms with Gasteiger partial charge in [0.25, 0.3) is 0 Å². The number of thiophene rings is 1. The Labute approximate surface area is 160 Å². The van der Waals surface area contributed by atoms with E-state index in [1.165, 1.54) is 4.88 Å². The minimum Gasteiger partial charge on any atom is -0.437 e. The Hall–Kier alpha value is -1.80. The second-order valence-corrected chi connectivity index (χ2v) is 7.81. The second-order valence-electron chi connectivity index (χ2n) is 6.22. The van der Waals surface area contributed by atoms with Crippen molar-refractivity contribution in [3.8, 4) is 11.6 Å². The van der Waals surface area contributed by atoms with Crippen molar-refractivity contribution in [2.45, 2.75) is 20.4 Å². The van der Waals surface area contributed by atoms with Gasteiger partial charge in [0.2, 0.25) is 5.88 Å². The van der Waals surface area contributed by atoms with Crippen molar-refractivity contribution in [1.29, 1.82) is 0 Å². The molecule has 4 rings (SSSR count). The monoisotopic (exact) mass is 390 g/mol. The molecule has 136 valence electrons. The van der Waals surface area contributed by atoms with Gasteiger partial charge in [0.05, 0.1) is 31.3 Å². The first-order chi connectivity index (χ1) is 12.6. The highest BCUT2D eigenvalue weighted by Gasteiger charge is 2.19. The molecule has 0 aliphatic carbocycles. The Morgan fingerprint density at radius 1 is 1.23 bits per heavy atom. The Balaban J connectivity index is 1.71. The van der Waals surface area contributed by atoms with Gasteiger partial charge in [0.15, 0.2) is 0 Å². The molecule has 0 aromatic carbocycles. The van der Waals surface area contributed by atoms with Crippen LogP contribution in [0.3, 0.4) is 0 Å². The van der Waals surface area contributed by atoms with Crippen LogP contribution in [-0.4, -0.2) is 46.2 Å². The van der Waals surface area contributed by atoms with Crippen LogP contribution in [0.25, 0.3) is 10.2 Å². The molecule has 8 heteroatoms. The number of halogens is 1. The summed E-state index contributed by atoms with van der Waals surface area (Å²) in [6.45, 7) is 8.13. The van der Waals surface area contributed by atoms with Crippen LogP contribution < -0.4 is 4.74 Å². The van der Waals surface area contributed by atoms with Gasteiger partial charge >= 0.3 is 0 Å². The highest BCUT2D eigenvalue weighted by molar-refractivity contribution is 7.18. The average Bonchev–Trinajstić information content (AvgIpc) is 2.92. The summed E-state index contributed by atoms with van der Waals surface area (Å²) in [5.41, 5.74) is 1.15. The number of aromatic nitrogens is 3. The zero-order valence-electron chi connectivity index (χ0n) is 14.7. The molecule has 0 N–H and O–H groups in total. The smallest absolute Gasteiger partial charge is 0.231 e. The molecule has 0 bridgehead atoms. The molecule has 0 saturated carbocycles. The molecule has 1 aliphatic heterocycles. The van der Waals surface area contributed by atoms with Crippen molar-refractivity contribution in [2.24, 2.45) is 0 Å². The van der Waals surface area contributed by atoms with Crippen molar-refractivity contribution in [3.63, 3.8) is 0 Å². The Bertz CT molecular complexity index is 923. The molecule has 3 aromatic rings. The van der Waals surface area contributed by atoms with E-state index in [2.05, 4.69) is 23.7 Å². The largest absolute Gasteiger partial charge is 0.437 e. The Morgan fingerprint density at radius 3 is 2.77 bits per heavy atom. The number of fused-ring (bicyclic) bond motifs is 1. The van der Waals surface area contributed by atoms with Gasteiger partial charge in [-0.25, -0.2) is 9.97 Å². The van der Waals surface area contributed by atoms with Crippen LogP contribution in [0.15, 0.2) is 18.3 Å². The van der Waals surface area contributed by atoms with Crippen LogP contribution in [0, 0.1) is 13.8 Å². The van der Waals surface area contributed by atoms with Gasteiger partial charge in [-0.15, -0.1) is 11.3 Å². The predicted octanol–water partition coefficient (Wildman–Crippen LogP) is 3.98. The fourth-order valence-corrected chi connectivity index (χ4v) is 4.04. The first kappa shape index (κ1) is 17.6. The van der Waals surface area contributed by atoms with Crippen molar-refractivity contribution in [1.82, 2.24) is 19.9 Å². The van der Waals surface area contributed by atoms with Gasteiger partial charge < -0.3 is 9.47 Å². The summed E-state index contributed by atoms with van der Waals surface area (Å²) < 4.78 is 11.5. The predicted molar refractivity (Wildman–Crippen MR) is 102 cm³/mol. The molecule has 0 spiro atoms. The van der Waals surface area contributed by atoms with E-state index in [4.69, 9.17) is 31.0 Å². The van der Waals surface area contributed by atoms with Crippen LogP contribution in [0.2, 0.25) is 5.15 Å². The van der Waals surface area contributed by atoms with Gasteiger partial charge in [-0.3, -0.25) is 4.90 Å². The number of hydrogen-bond acceptors (Lipinski definition) is 7. The molecule has 1 saturated heterocycles. The maximum atomic E-state index is 6.06. The third-order valence-corrected chi connectivity index (χ3v) is 5.75. The molecule has 0 radical (unpaired) electrons. The van der Waals surface area contributed by atoms with Gasteiger partial charge in [0, 0.05) is 18.0 Å². The molecule has 6 nitrogen and oxygen atoms in total. The summed E-state index contributed by atoms with van der Waals surface area (Å²) in [7, 11) is 0. The lowest BCUT2D eigenvalue weighted by Crippen LogP contribution is -2.36. The molecular formula is C18H19ClN4O2S. The summed E-state index contributed by atoms with van der Waals surface area (Å²) in [5.74, 6) is 1.94. The number of aryl methyl sites for hydroxylation is 2. The fourth-order valence-electron chi connectivity index (χ4n) is 2.89. The number of ether oxygens (including phenoxy) is 2. The van der Waals surface area contributed by atoms with Crippen molar-refractivity contribution in [2.75, 3.05) is 26.3 Å². The van der Waals surface area contributed by atoms with Gasteiger partial charge in [0.1, 0.15) is 21.6 Å². The minimum atomic E-state index is 0.431. The maximum absolute atomic E-state index is 6.06. The minimum absolute atomic E-state index is 0.431. The standard InChI is InChI=1S/C18H19ClN4O2S/c1-11-12(2)26-18-16(11)17(25-13-3-4-14(19)20-9-13)21-15(22-18)10-23-5-7-24-8-6-23/h3-4,9H,5-8,10H2,1-2H3. The molecule has 26 heavy (non-hydrogen) atoms. The highest BCUT2D eigenvalue weighted by Crippen LogP contribution is 2.36. The summed E-state index contributed by atoms with van der Waals surface area (Å²) >= 11 is 7.54. The third-order valence-electron chi connectivity index (χ3n) is 4.43. The summed E-state index contributed by atoms with van der Waals surface area (Å²) in [4.78, 5) is 18.0. The Kier molecular flexibility index (Phi) is 5.04. The fraction of sp³-hybridized carbons (Fsp3) is 0.389. The summed E-state index contributed by atoms with van der Waals surface area (Å²) in [6, 6.07) is 3.50. The first-order valence-electron chi connectivity index (χ1n) is 8.46. The number of rotatable bonds is 4. The van der Waals surface area contributed by atoms with Crippen LogP contribution in [0.5, 0.6) is 11.6 Å². The molecule has 4 heterocycles. The molecule has 3 aromatic heterocycles. The van der Waals surface area contributed by atoms with E-state index in [1.54, 1.807) is 29.7 Å².